The van der Waals surface area contributed by atoms with Gasteiger partial charge in [-0.2, -0.15) is 12.4 Å². The zero-order valence-electron chi connectivity index (χ0n) is 5.72. The highest BCUT2D eigenvalue weighted by Crippen LogP contribution is 2.23. The van der Waals surface area contributed by atoms with Crippen LogP contribution in [0.1, 0.15) is 0 Å². The van der Waals surface area contributed by atoms with Gasteiger partial charge in [-0.15, -0.1) is 0 Å². The van der Waals surface area contributed by atoms with E-state index in [1.54, 1.807) is 0 Å². The molecule has 1 aromatic rings. The second-order valence-corrected chi connectivity index (χ2v) is 3.43. The molecule has 13 heavy (non-hydrogen) atoms. The molecule has 0 aliphatic heterocycles. The molecule has 72 valence electrons. The fraction of sp³-hybridized carbons (Fsp3) is 0. The first kappa shape index (κ1) is 9.86. The number of nitrogens with zero attached hydrogens (tertiary/aromatic N) is 3. The summed E-state index contributed by atoms with van der Waals surface area (Å²) in [5, 5.41) is 9.19. The summed E-state index contributed by atoms with van der Waals surface area (Å²) in [6, 6.07) is 0. The smallest absolute Gasteiger partial charge is 0.358 e. The molecule has 0 bridgehead atoms. The first-order valence-electron chi connectivity index (χ1n) is 2.66. The van der Waals surface area contributed by atoms with Gasteiger partial charge in [-0.3, -0.25) is 0 Å². The maximum atomic E-state index is 12.2. The molecule has 0 fully saturated rings. The van der Waals surface area contributed by atoms with Crippen LogP contribution in [0.15, 0.2) is 6.33 Å². The molecule has 0 saturated carbocycles. The number of rotatable bonds is 2. The molecule has 0 aromatic carbocycles. The van der Waals surface area contributed by atoms with E-state index in [1.165, 1.54) is 0 Å². The maximum Gasteiger partial charge on any atom is 0.407 e. The molecule has 7 nitrogen and oxygen atoms in total. The van der Waals surface area contributed by atoms with Gasteiger partial charge in [0.15, 0.2) is 0 Å². The summed E-state index contributed by atoms with van der Waals surface area (Å²) in [7, 11) is -5.13. The van der Waals surface area contributed by atoms with Crippen molar-refractivity contribution in [1.82, 2.24) is 8.96 Å². The summed E-state index contributed by atoms with van der Waals surface area (Å²) in [5.41, 5.74) is 0. The van der Waals surface area contributed by atoms with Gasteiger partial charge in [-0.1, -0.05) is 15.5 Å². The molecule has 1 rings (SSSR count). The van der Waals surface area contributed by atoms with Crippen molar-refractivity contribution < 1.29 is 17.2 Å². The van der Waals surface area contributed by atoms with E-state index in [1.807, 2.05) is 0 Å². The van der Waals surface area contributed by atoms with E-state index in [-0.39, 0.29) is 3.97 Å². The van der Waals surface area contributed by atoms with Crippen LogP contribution in [0.3, 0.4) is 0 Å². The molecule has 1 aromatic heterocycles. The lowest BCUT2D eigenvalue weighted by atomic mass is 10.8. The predicted octanol–water partition coefficient (Wildman–Crippen LogP) is 0.507. The Balaban J connectivity index is 3.39. The number of hydrogen-bond donors (Lipinski definition) is 0. The largest absolute Gasteiger partial charge is 0.407 e. The van der Waals surface area contributed by atoms with Crippen molar-refractivity contribution in [1.29, 1.82) is 0 Å². The SMILES string of the molecule is O=[N+]([O-])c1ncn(S(=O)(=O)F)c1Cl. The minimum atomic E-state index is -5.13. The van der Waals surface area contributed by atoms with Crippen molar-refractivity contribution in [2.45, 2.75) is 0 Å². The quantitative estimate of drug-likeness (QED) is 0.418. The lowest BCUT2D eigenvalue weighted by molar-refractivity contribution is -0.389. The lowest BCUT2D eigenvalue weighted by Crippen LogP contribution is -2.04. The van der Waals surface area contributed by atoms with E-state index >= 15 is 0 Å². The van der Waals surface area contributed by atoms with Crippen LogP contribution in [-0.2, 0) is 10.4 Å². The number of hydrogen-bond acceptors (Lipinski definition) is 5. The van der Waals surface area contributed by atoms with Crippen LogP contribution in [0.4, 0.5) is 9.70 Å². The molecular formula is C3HClFN3O4S. The fourth-order valence-corrected chi connectivity index (χ4v) is 1.43. The highest BCUT2D eigenvalue weighted by atomic mass is 35.5. The molecule has 0 saturated heterocycles. The van der Waals surface area contributed by atoms with Gasteiger partial charge in [0.25, 0.3) is 0 Å². The highest BCUT2D eigenvalue weighted by Gasteiger charge is 2.26. The Morgan fingerprint density at radius 2 is 2.23 bits per heavy atom. The summed E-state index contributed by atoms with van der Waals surface area (Å²) < 4.78 is 32.6. The summed E-state index contributed by atoms with van der Waals surface area (Å²) in [6.07, 6.45) is 0.413. The zero-order chi connectivity index (χ0) is 10.2. The predicted molar refractivity (Wildman–Crippen MR) is 39.3 cm³/mol. The molecule has 0 amide bonds. The van der Waals surface area contributed by atoms with Gasteiger partial charge in [0.05, 0.1) is 0 Å². The molecule has 0 N–H and O–H groups in total. The molecule has 0 aliphatic carbocycles. The van der Waals surface area contributed by atoms with E-state index in [2.05, 4.69) is 4.98 Å². The van der Waals surface area contributed by atoms with Crippen LogP contribution in [0.25, 0.3) is 0 Å². The Labute approximate surface area is 76.2 Å². The minimum Gasteiger partial charge on any atom is -0.358 e. The minimum absolute atomic E-state index is 0.132. The lowest BCUT2D eigenvalue weighted by Gasteiger charge is -1.92. The third-order valence-corrected chi connectivity index (χ3v) is 2.27. The summed E-state index contributed by atoms with van der Waals surface area (Å²) in [5.74, 6) is -0.914. The molecular weight excluding hydrogens is 229 g/mol. The average molecular weight is 230 g/mol. The molecule has 10 heteroatoms. The topological polar surface area (TPSA) is 95.1 Å². The molecule has 1 heterocycles. The normalized spacial score (nSPS) is 11.5. The maximum absolute atomic E-state index is 12.2. The summed E-state index contributed by atoms with van der Waals surface area (Å²) in [6.45, 7) is 0. The van der Waals surface area contributed by atoms with Crippen LogP contribution in [0.5, 0.6) is 0 Å². The van der Waals surface area contributed by atoms with Gasteiger partial charge >= 0.3 is 16.2 Å². The third kappa shape index (κ3) is 1.75. The van der Waals surface area contributed by atoms with Crippen molar-refractivity contribution in [3.05, 3.63) is 21.6 Å². The Morgan fingerprint density at radius 1 is 1.69 bits per heavy atom. The Hall–Kier alpha value is -1.22. The van der Waals surface area contributed by atoms with Crippen LogP contribution in [0, 0.1) is 10.1 Å². The Kier molecular flexibility index (Phi) is 2.22. The summed E-state index contributed by atoms with van der Waals surface area (Å²) >= 11 is 5.14. The Morgan fingerprint density at radius 3 is 2.46 bits per heavy atom. The van der Waals surface area contributed by atoms with E-state index in [0.717, 1.165) is 0 Å². The zero-order valence-corrected chi connectivity index (χ0v) is 7.29. The Bertz CT molecular complexity index is 453. The number of halogens is 2. The number of nitro groups is 1. The van der Waals surface area contributed by atoms with Crippen molar-refractivity contribution in [3.63, 3.8) is 0 Å². The van der Waals surface area contributed by atoms with E-state index in [9.17, 15) is 22.4 Å². The average Bonchev–Trinajstić information content (AvgIpc) is 2.28. The number of aromatic nitrogens is 2. The van der Waals surface area contributed by atoms with Crippen LogP contribution in [0.2, 0.25) is 5.15 Å². The number of imidazole rings is 1. The van der Waals surface area contributed by atoms with E-state index < -0.39 is 26.3 Å². The van der Waals surface area contributed by atoms with Crippen LogP contribution in [-0.4, -0.2) is 22.3 Å². The monoisotopic (exact) mass is 229 g/mol. The molecule has 0 radical (unpaired) electrons. The van der Waals surface area contributed by atoms with Gasteiger partial charge < -0.3 is 10.1 Å². The third-order valence-electron chi connectivity index (χ3n) is 1.07. The highest BCUT2D eigenvalue weighted by molar-refractivity contribution is 7.84. The van der Waals surface area contributed by atoms with E-state index in [4.69, 9.17) is 11.6 Å². The van der Waals surface area contributed by atoms with Gasteiger partial charge in [0.2, 0.25) is 11.5 Å². The van der Waals surface area contributed by atoms with Crippen molar-refractivity contribution >= 4 is 27.8 Å². The second kappa shape index (κ2) is 2.92. The first-order valence-corrected chi connectivity index (χ1v) is 4.38. The van der Waals surface area contributed by atoms with Gasteiger partial charge in [0, 0.05) is 0 Å². The van der Waals surface area contributed by atoms with E-state index in [0.29, 0.717) is 6.33 Å². The van der Waals surface area contributed by atoms with Gasteiger partial charge in [-0.05, 0) is 9.91 Å². The first-order chi connectivity index (χ1) is 5.84. The molecule has 0 spiro atoms. The van der Waals surface area contributed by atoms with Gasteiger partial charge in [0.1, 0.15) is 0 Å². The van der Waals surface area contributed by atoms with Crippen molar-refractivity contribution in [2.24, 2.45) is 0 Å². The molecule has 0 unspecified atom stereocenters. The molecule has 0 aliphatic rings. The van der Waals surface area contributed by atoms with Crippen molar-refractivity contribution in [2.75, 3.05) is 0 Å². The van der Waals surface area contributed by atoms with Crippen LogP contribution >= 0.6 is 11.6 Å². The summed E-state index contributed by atoms with van der Waals surface area (Å²) in [4.78, 5) is 12.1. The van der Waals surface area contributed by atoms with Crippen LogP contribution < -0.4 is 0 Å². The van der Waals surface area contributed by atoms with Crippen molar-refractivity contribution in [3.8, 4) is 0 Å². The van der Waals surface area contributed by atoms with Gasteiger partial charge in [-0.25, -0.2) is 0 Å². The fourth-order valence-electron chi connectivity index (χ4n) is 0.584. The molecule has 0 atom stereocenters. The standard InChI is InChI=1S/C3HClFN3O4S/c4-2-3(8(9)10)6-1-7(2)13(5,11)12/h1H. The second-order valence-electron chi connectivity index (χ2n) is 1.85.